The summed E-state index contributed by atoms with van der Waals surface area (Å²) >= 11 is 6.07. The Kier molecular flexibility index (Phi) is 6.51. The van der Waals surface area contributed by atoms with Crippen molar-refractivity contribution in [1.29, 1.82) is 0 Å². The van der Waals surface area contributed by atoms with Crippen LogP contribution in [0.25, 0.3) is 0 Å². The molecule has 30 heavy (non-hydrogen) atoms. The van der Waals surface area contributed by atoms with E-state index in [1.165, 1.54) is 42.7 Å². The second-order valence-corrected chi connectivity index (χ2v) is 6.82. The van der Waals surface area contributed by atoms with Crippen LogP contribution in [0.1, 0.15) is 17.0 Å². The zero-order valence-electron chi connectivity index (χ0n) is 15.8. The minimum absolute atomic E-state index is 0.109. The van der Waals surface area contributed by atoms with Gasteiger partial charge in [-0.1, -0.05) is 17.7 Å². The van der Waals surface area contributed by atoms with Crippen molar-refractivity contribution >= 4 is 29.1 Å². The van der Waals surface area contributed by atoms with Crippen LogP contribution in [0.4, 0.5) is 24.8 Å². The molecule has 0 bridgehead atoms. The number of pyridine rings is 3. The van der Waals surface area contributed by atoms with Gasteiger partial charge in [-0.25, -0.2) is 14.4 Å². The average molecular weight is 436 g/mol. The van der Waals surface area contributed by atoms with E-state index < -0.39 is 24.2 Å². The number of carbonyl (C=O) groups excluding carboxylic acids is 1. The van der Waals surface area contributed by atoms with Gasteiger partial charge in [0, 0.05) is 12.4 Å². The second-order valence-electron chi connectivity index (χ2n) is 6.41. The van der Waals surface area contributed by atoms with Crippen LogP contribution in [0.2, 0.25) is 5.02 Å². The Hall–Kier alpha value is -3.20. The lowest BCUT2D eigenvalue weighted by Crippen LogP contribution is -2.26. The number of nitrogens with zero attached hydrogens (tertiary/aromatic N) is 3. The maximum absolute atomic E-state index is 14.3. The van der Waals surface area contributed by atoms with Gasteiger partial charge in [0.05, 0.1) is 23.7 Å². The van der Waals surface area contributed by atoms with E-state index in [9.17, 15) is 18.0 Å². The van der Waals surface area contributed by atoms with Crippen molar-refractivity contribution in [1.82, 2.24) is 15.0 Å². The van der Waals surface area contributed by atoms with E-state index in [-0.39, 0.29) is 34.5 Å². The van der Waals surface area contributed by atoms with Gasteiger partial charge < -0.3 is 10.6 Å². The molecule has 6 nitrogen and oxygen atoms in total. The van der Waals surface area contributed by atoms with Gasteiger partial charge in [0.1, 0.15) is 11.5 Å². The van der Waals surface area contributed by atoms with Crippen LogP contribution < -0.4 is 10.6 Å². The first-order chi connectivity index (χ1) is 14.3. The molecule has 0 saturated carbocycles. The molecule has 0 unspecified atom stereocenters. The second kappa shape index (κ2) is 9.08. The summed E-state index contributed by atoms with van der Waals surface area (Å²) in [5.74, 6) is -4.57. The summed E-state index contributed by atoms with van der Waals surface area (Å²) in [5.41, 5.74) is 0.101. The Bertz CT molecular complexity index is 1050. The number of nitrogens with one attached hydrogen (secondary N) is 2. The number of aryl methyl sites for hydroxylation is 1. The number of halogens is 4. The molecule has 0 aromatic carbocycles. The highest BCUT2D eigenvalue weighted by atomic mass is 35.5. The molecular formula is C20H17ClF3N5O. The van der Waals surface area contributed by atoms with Crippen LogP contribution in [-0.4, -0.2) is 27.4 Å². The highest BCUT2D eigenvalue weighted by molar-refractivity contribution is 6.31. The summed E-state index contributed by atoms with van der Waals surface area (Å²) in [5, 5.41) is 5.05. The third-order valence-electron chi connectivity index (χ3n) is 4.12. The lowest BCUT2D eigenvalue weighted by Gasteiger charge is -2.17. The predicted octanol–water partition coefficient (Wildman–Crippen LogP) is 4.36. The molecule has 0 atom stereocenters. The third-order valence-corrected chi connectivity index (χ3v) is 4.46. The summed E-state index contributed by atoms with van der Waals surface area (Å²) in [6.45, 7) is 0.795. The molecule has 0 aliphatic rings. The van der Waals surface area contributed by atoms with E-state index in [1.54, 1.807) is 13.0 Å². The standard InChI is InChI=1S/C20H17ClF3N5O/c1-12-7-9-26-19(18(12)22)29-17(30)10-14-13(21)5-6-16(28-14)27-11-20(23,24)15-4-2-3-8-25-15/h2-9H,10-11H2,1H3,(H,27,28)(H,26,29,30). The summed E-state index contributed by atoms with van der Waals surface area (Å²) in [7, 11) is 0. The molecule has 0 saturated heterocycles. The minimum atomic E-state index is -3.23. The number of hydrogen-bond acceptors (Lipinski definition) is 5. The Morgan fingerprint density at radius 3 is 2.67 bits per heavy atom. The van der Waals surface area contributed by atoms with Crippen LogP contribution in [-0.2, 0) is 17.1 Å². The van der Waals surface area contributed by atoms with Crippen molar-refractivity contribution in [3.05, 3.63) is 76.6 Å². The van der Waals surface area contributed by atoms with Gasteiger partial charge >= 0.3 is 5.92 Å². The Morgan fingerprint density at radius 1 is 1.13 bits per heavy atom. The third kappa shape index (κ3) is 5.24. The zero-order chi connectivity index (χ0) is 21.7. The quantitative estimate of drug-likeness (QED) is 0.576. The SMILES string of the molecule is Cc1ccnc(NC(=O)Cc2nc(NCC(F)(F)c3ccccn3)ccc2Cl)c1F. The summed E-state index contributed by atoms with van der Waals surface area (Å²) in [4.78, 5) is 23.8. The molecule has 0 aliphatic carbocycles. The largest absolute Gasteiger partial charge is 0.364 e. The molecule has 10 heteroatoms. The summed E-state index contributed by atoms with van der Waals surface area (Å²) in [6.07, 6.45) is 2.36. The molecule has 0 fully saturated rings. The molecule has 2 N–H and O–H groups in total. The van der Waals surface area contributed by atoms with Crippen LogP contribution >= 0.6 is 11.6 Å². The molecule has 3 aromatic rings. The first-order valence-corrected chi connectivity index (χ1v) is 9.23. The molecule has 3 heterocycles. The van der Waals surface area contributed by atoms with E-state index in [2.05, 4.69) is 25.6 Å². The van der Waals surface area contributed by atoms with Gasteiger partial charge in [0.25, 0.3) is 0 Å². The van der Waals surface area contributed by atoms with E-state index in [4.69, 9.17) is 11.6 Å². The van der Waals surface area contributed by atoms with Gasteiger partial charge in [-0.15, -0.1) is 0 Å². The number of anilines is 2. The van der Waals surface area contributed by atoms with Gasteiger partial charge in [0.15, 0.2) is 11.6 Å². The number of carbonyl (C=O) groups is 1. The normalized spacial score (nSPS) is 11.2. The topological polar surface area (TPSA) is 79.8 Å². The number of alkyl halides is 2. The van der Waals surface area contributed by atoms with Crippen LogP contribution in [0.3, 0.4) is 0 Å². The molecular weight excluding hydrogens is 419 g/mol. The lowest BCUT2D eigenvalue weighted by molar-refractivity contribution is -0.115. The molecule has 0 spiro atoms. The van der Waals surface area contributed by atoms with E-state index in [1.807, 2.05) is 0 Å². The van der Waals surface area contributed by atoms with E-state index >= 15 is 0 Å². The first-order valence-electron chi connectivity index (χ1n) is 8.86. The number of rotatable bonds is 7. The molecule has 3 rings (SSSR count). The molecule has 0 aliphatic heterocycles. The van der Waals surface area contributed by atoms with Crippen molar-refractivity contribution in [2.45, 2.75) is 19.3 Å². The Balaban J connectivity index is 1.67. The van der Waals surface area contributed by atoms with Gasteiger partial charge in [-0.3, -0.25) is 9.78 Å². The van der Waals surface area contributed by atoms with Gasteiger partial charge in [-0.2, -0.15) is 8.78 Å². The maximum atomic E-state index is 14.3. The average Bonchev–Trinajstić information content (AvgIpc) is 2.73. The van der Waals surface area contributed by atoms with Crippen molar-refractivity contribution < 1.29 is 18.0 Å². The first kappa shape index (κ1) is 21.5. The van der Waals surface area contributed by atoms with Crippen molar-refractivity contribution in [3.63, 3.8) is 0 Å². The highest BCUT2D eigenvalue weighted by Crippen LogP contribution is 2.27. The fourth-order valence-electron chi connectivity index (χ4n) is 2.53. The molecule has 1 amide bonds. The Labute approximate surface area is 175 Å². The fraction of sp³-hybridized carbons (Fsp3) is 0.200. The Morgan fingerprint density at radius 2 is 1.93 bits per heavy atom. The smallest absolute Gasteiger partial charge is 0.306 e. The molecule has 0 radical (unpaired) electrons. The zero-order valence-corrected chi connectivity index (χ0v) is 16.6. The summed E-state index contributed by atoms with van der Waals surface area (Å²) < 4.78 is 42.5. The number of hydrogen-bond donors (Lipinski definition) is 2. The predicted molar refractivity (Wildman–Crippen MR) is 107 cm³/mol. The number of aromatic nitrogens is 3. The minimum Gasteiger partial charge on any atom is -0.364 e. The maximum Gasteiger partial charge on any atom is 0.306 e. The van der Waals surface area contributed by atoms with Crippen LogP contribution in [0.5, 0.6) is 0 Å². The van der Waals surface area contributed by atoms with Crippen molar-refractivity contribution in [2.24, 2.45) is 0 Å². The molecule has 3 aromatic heterocycles. The number of amides is 1. The van der Waals surface area contributed by atoms with Gasteiger partial charge in [-0.05, 0) is 42.8 Å². The molecule has 156 valence electrons. The van der Waals surface area contributed by atoms with Crippen molar-refractivity contribution in [2.75, 3.05) is 17.2 Å². The van der Waals surface area contributed by atoms with Crippen molar-refractivity contribution in [3.8, 4) is 0 Å². The van der Waals surface area contributed by atoms with E-state index in [0.29, 0.717) is 5.56 Å². The van der Waals surface area contributed by atoms with Crippen LogP contribution in [0.15, 0.2) is 48.8 Å². The lowest BCUT2D eigenvalue weighted by atomic mass is 10.2. The van der Waals surface area contributed by atoms with E-state index in [0.717, 1.165) is 0 Å². The van der Waals surface area contributed by atoms with Gasteiger partial charge in [0.2, 0.25) is 5.91 Å². The summed E-state index contributed by atoms with van der Waals surface area (Å²) in [6, 6.07) is 8.57. The fourth-order valence-corrected chi connectivity index (χ4v) is 2.71. The van der Waals surface area contributed by atoms with Crippen LogP contribution in [0, 0.1) is 12.7 Å². The monoisotopic (exact) mass is 435 g/mol. The highest BCUT2D eigenvalue weighted by Gasteiger charge is 2.32.